The third-order valence-corrected chi connectivity index (χ3v) is 3.15. The van der Waals surface area contributed by atoms with Gasteiger partial charge in [-0.05, 0) is 34.5 Å². The van der Waals surface area contributed by atoms with Gasteiger partial charge in [-0.2, -0.15) is 0 Å². The van der Waals surface area contributed by atoms with Crippen molar-refractivity contribution in [1.82, 2.24) is 4.98 Å². The Kier molecular flexibility index (Phi) is 4.47. The van der Waals surface area contributed by atoms with Gasteiger partial charge in [0, 0.05) is 30.7 Å². The van der Waals surface area contributed by atoms with E-state index in [1.54, 1.807) is 0 Å². The number of aromatic nitrogens is 1. The first-order chi connectivity index (χ1) is 7.00. The van der Waals surface area contributed by atoms with Gasteiger partial charge < -0.3 is 10.6 Å². The minimum atomic E-state index is 0.538. The summed E-state index contributed by atoms with van der Waals surface area (Å²) in [6.45, 7) is 2.83. The van der Waals surface area contributed by atoms with Crippen LogP contribution in [0.5, 0.6) is 0 Å². The van der Waals surface area contributed by atoms with E-state index in [0.717, 1.165) is 16.8 Å². The van der Waals surface area contributed by atoms with Gasteiger partial charge in [0.05, 0.1) is 4.99 Å². The van der Waals surface area contributed by atoms with Gasteiger partial charge in [-0.3, -0.25) is 0 Å². The molecule has 0 aliphatic rings. The maximum Gasteiger partial charge on any atom is 0.128 e. The maximum absolute atomic E-state index is 5.45. The first-order valence-electron chi connectivity index (χ1n) is 4.62. The lowest BCUT2D eigenvalue weighted by Gasteiger charge is -2.18. The monoisotopic (exact) mass is 287 g/mol. The van der Waals surface area contributed by atoms with Crippen molar-refractivity contribution in [3.63, 3.8) is 0 Å². The van der Waals surface area contributed by atoms with Crippen LogP contribution in [0.1, 0.15) is 12.0 Å². The average molecular weight is 288 g/mol. The Morgan fingerprint density at radius 2 is 2.33 bits per heavy atom. The lowest BCUT2D eigenvalue weighted by atomic mass is 10.3. The lowest BCUT2D eigenvalue weighted by Crippen LogP contribution is -2.24. The number of halogens is 1. The molecule has 2 N–H and O–H groups in total. The number of hydrogen-bond donors (Lipinski definition) is 1. The number of thiocarbonyl (C=S) groups is 1. The molecule has 0 amide bonds. The van der Waals surface area contributed by atoms with Crippen LogP contribution < -0.4 is 10.6 Å². The number of rotatable bonds is 4. The Labute approximate surface area is 104 Å². The number of hydrogen-bond acceptors (Lipinski definition) is 3. The lowest BCUT2D eigenvalue weighted by molar-refractivity contribution is 0.896. The summed E-state index contributed by atoms with van der Waals surface area (Å²) in [5.74, 6) is 0.937. The van der Waals surface area contributed by atoms with Crippen molar-refractivity contribution in [1.29, 1.82) is 0 Å². The topological polar surface area (TPSA) is 42.1 Å². The molecule has 0 fully saturated rings. The van der Waals surface area contributed by atoms with Crippen molar-refractivity contribution in [3.05, 3.63) is 22.3 Å². The van der Waals surface area contributed by atoms with Crippen LogP contribution in [0.2, 0.25) is 0 Å². The molecule has 5 heteroatoms. The number of pyridine rings is 1. The van der Waals surface area contributed by atoms with Gasteiger partial charge in [-0.15, -0.1) is 0 Å². The molecule has 0 saturated heterocycles. The minimum absolute atomic E-state index is 0.538. The summed E-state index contributed by atoms with van der Waals surface area (Å²) in [6, 6.07) is 2.03. The van der Waals surface area contributed by atoms with Gasteiger partial charge in [0.2, 0.25) is 0 Å². The highest BCUT2D eigenvalue weighted by Gasteiger charge is 2.04. The summed E-state index contributed by atoms with van der Waals surface area (Å²) in [5.41, 5.74) is 6.62. The van der Waals surface area contributed by atoms with E-state index >= 15 is 0 Å². The molecule has 0 aliphatic heterocycles. The van der Waals surface area contributed by atoms with E-state index in [1.165, 1.54) is 5.56 Å². The highest BCUT2D eigenvalue weighted by atomic mass is 79.9. The van der Waals surface area contributed by atoms with Crippen LogP contribution in [-0.2, 0) is 0 Å². The van der Waals surface area contributed by atoms with E-state index < -0.39 is 0 Å². The Hall–Kier alpha value is -0.680. The molecule has 0 radical (unpaired) electrons. The zero-order chi connectivity index (χ0) is 11.4. The van der Waals surface area contributed by atoms with Gasteiger partial charge in [0.15, 0.2) is 0 Å². The Balaban J connectivity index is 2.69. The van der Waals surface area contributed by atoms with E-state index in [9.17, 15) is 0 Å². The van der Waals surface area contributed by atoms with Crippen molar-refractivity contribution in [2.24, 2.45) is 5.73 Å². The SMILES string of the molecule is Cc1cc(N(C)CCC(N)=S)ncc1Br. The van der Waals surface area contributed by atoms with E-state index in [-0.39, 0.29) is 0 Å². The Bertz CT molecular complexity index is 368. The third kappa shape index (κ3) is 3.76. The largest absolute Gasteiger partial charge is 0.393 e. The predicted octanol–water partition coefficient (Wildman–Crippen LogP) is 2.26. The molecule has 0 aromatic carbocycles. The van der Waals surface area contributed by atoms with E-state index in [0.29, 0.717) is 11.4 Å². The second-order valence-corrected chi connectivity index (χ2v) is 4.81. The molecular weight excluding hydrogens is 274 g/mol. The quantitative estimate of drug-likeness (QED) is 0.863. The van der Waals surface area contributed by atoms with Crippen LogP contribution in [0.25, 0.3) is 0 Å². The van der Waals surface area contributed by atoms with Crippen molar-refractivity contribution in [2.75, 3.05) is 18.5 Å². The summed E-state index contributed by atoms with van der Waals surface area (Å²) in [7, 11) is 1.98. The second-order valence-electron chi connectivity index (χ2n) is 3.43. The molecule has 15 heavy (non-hydrogen) atoms. The molecule has 1 rings (SSSR count). The fourth-order valence-corrected chi connectivity index (χ4v) is 1.43. The molecule has 0 aliphatic carbocycles. The molecule has 82 valence electrons. The van der Waals surface area contributed by atoms with Crippen molar-refractivity contribution in [3.8, 4) is 0 Å². The van der Waals surface area contributed by atoms with Crippen molar-refractivity contribution >= 4 is 39.0 Å². The van der Waals surface area contributed by atoms with Crippen LogP contribution >= 0.6 is 28.1 Å². The molecule has 0 atom stereocenters. The zero-order valence-corrected chi connectivity index (χ0v) is 11.2. The van der Waals surface area contributed by atoms with Crippen LogP contribution in [0.4, 0.5) is 5.82 Å². The van der Waals surface area contributed by atoms with Crippen molar-refractivity contribution < 1.29 is 0 Å². The normalized spacial score (nSPS) is 10.1. The molecule has 0 spiro atoms. The first-order valence-corrected chi connectivity index (χ1v) is 5.82. The Morgan fingerprint density at radius 1 is 1.67 bits per heavy atom. The highest BCUT2D eigenvalue weighted by Crippen LogP contribution is 2.19. The third-order valence-electron chi connectivity index (χ3n) is 2.12. The first kappa shape index (κ1) is 12.4. The van der Waals surface area contributed by atoms with Gasteiger partial charge in [-0.25, -0.2) is 4.98 Å². The molecule has 1 heterocycles. The summed E-state index contributed by atoms with van der Waals surface area (Å²) >= 11 is 8.25. The number of nitrogens with zero attached hydrogens (tertiary/aromatic N) is 2. The summed E-state index contributed by atoms with van der Waals surface area (Å²) in [5, 5.41) is 0. The average Bonchev–Trinajstić information content (AvgIpc) is 2.18. The highest BCUT2D eigenvalue weighted by molar-refractivity contribution is 9.10. The molecule has 1 aromatic rings. The van der Waals surface area contributed by atoms with Gasteiger partial charge in [0.25, 0.3) is 0 Å². The van der Waals surface area contributed by atoms with Gasteiger partial charge in [0.1, 0.15) is 5.82 Å². The molecular formula is C10H14BrN3S. The molecule has 0 bridgehead atoms. The fourth-order valence-electron chi connectivity index (χ4n) is 1.13. The molecule has 1 aromatic heterocycles. The zero-order valence-electron chi connectivity index (χ0n) is 8.83. The van der Waals surface area contributed by atoms with Crippen LogP contribution in [0.3, 0.4) is 0 Å². The Morgan fingerprint density at radius 3 is 2.87 bits per heavy atom. The van der Waals surface area contributed by atoms with E-state index in [1.807, 2.05) is 31.1 Å². The van der Waals surface area contributed by atoms with E-state index in [4.69, 9.17) is 18.0 Å². The molecule has 0 unspecified atom stereocenters. The number of aryl methyl sites for hydroxylation is 1. The number of anilines is 1. The van der Waals surface area contributed by atoms with Gasteiger partial charge in [-0.1, -0.05) is 12.2 Å². The van der Waals surface area contributed by atoms with Crippen LogP contribution in [0, 0.1) is 6.92 Å². The molecule has 0 saturated carbocycles. The minimum Gasteiger partial charge on any atom is -0.393 e. The van der Waals surface area contributed by atoms with Crippen LogP contribution in [0.15, 0.2) is 16.7 Å². The summed E-state index contributed by atoms with van der Waals surface area (Å²) in [6.07, 6.45) is 2.52. The second kappa shape index (κ2) is 5.42. The fraction of sp³-hybridized carbons (Fsp3) is 0.400. The van der Waals surface area contributed by atoms with Crippen LogP contribution in [-0.4, -0.2) is 23.6 Å². The number of nitrogens with two attached hydrogens (primary N) is 1. The van der Waals surface area contributed by atoms with Crippen molar-refractivity contribution in [2.45, 2.75) is 13.3 Å². The van der Waals surface area contributed by atoms with Gasteiger partial charge >= 0.3 is 0 Å². The maximum atomic E-state index is 5.45. The summed E-state index contributed by atoms with van der Waals surface area (Å²) in [4.78, 5) is 6.89. The molecule has 3 nitrogen and oxygen atoms in total. The van der Waals surface area contributed by atoms with E-state index in [2.05, 4.69) is 20.9 Å². The summed E-state index contributed by atoms with van der Waals surface area (Å²) < 4.78 is 1.02. The smallest absolute Gasteiger partial charge is 0.128 e. The predicted molar refractivity (Wildman–Crippen MR) is 71.3 cm³/mol. The standard InChI is InChI=1S/C10H14BrN3S/c1-7-5-10(13-6-8(7)11)14(2)4-3-9(12)15/h5-6H,3-4H2,1-2H3,(H2,12,15).